The van der Waals surface area contributed by atoms with E-state index in [1.807, 2.05) is 36.1 Å². The molecule has 1 aliphatic carbocycles. The molecule has 0 radical (unpaired) electrons. The maximum absolute atomic E-state index is 12.0. The Morgan fingerprint density at radius 3 is 2.82 bits per heavy atom. The molecule has 0 saturated heterocycles. The largest absolute Gasteiger partial charge is 0.370 e. The van der Waals surface area contributed by atoms with E-state index in [-0.39, 0.29) is 17.9 Å². The van der Waals surface area contributed by atoms with Gasteiger partial charge in [-0.1, -0.05) is 24.3 Å². The number of amides is 1. The van der Waals surface area contributed by atoms with Gasteiger partial charge < -0.3 is 16.0 Å². The molecule has 1 amide bonds. The van der Waals surface area contributed by atoms with Crippen LogP contribution >= 0.6 is 0 Å². The molecule has 2 atom stereocenters. The van der Waals surface area contributed by atoms with Crippen LogP contribution in [-0.2, 0) is 0 Å². The van der Waals surface area contributed by atoms with Crippen LogP contribution in [0, 0.1) is 12.8 Å². The zero-order valence-electron chi connectivity index (χ0n) is 12.2. The number of hydrogen-bond donors (Lipinski definition) is 2. The monoisotopic (exact) mass is 295 g/mol. The number of hydrogen-bond acceptors (Lipinski definition) is 2. The highest BCUT2D eigenvalue weighted by Crippen LogP contribution is 2.25. The Kier molecular flexibility index (Phi) is 3.50. The summed E-state index contributed by atoms with van der Waals surface area (Å²) in [7, 11) is 0. The lowest BCUT2D eigenvalue weighted by Crippen LogP contribution is -2.24. The van der Waals surface area contributed by atoms with Crippen molar-refractivity contribution >= 4 is 23.8 Å². The number of aryl methyl sites for hydroxylation is 1. The van der Waals surface area contributed by atoms with Crippen molar-refractivity contribution in [3.8, 4) is 0 Å². The van der Waals surface area contributed by atoms with Gasteiger partial charge in [0.25, 0.3) is 5.91 Å². The third-order valence-corrected chi connectivity index (χ3v) is 3.67. The van der Waals surface area contributed by atoms with E-state index in [9.17, 15) is 4.79 Å². The summed E-state index contributed by atoms with van der Waals surface area (Å²) in [4.78, 5) is 20.1. The Morgan fingerprint density at radius 1 is 1.27 bits per heavy atom. The van der Waals surface area contributed by atoms with Crippen LogP contribution in [-0.4, -0.2) is 28.7 Å². The Bertz CT molecular complexity index is 759. The van der Waals surface area contributed by atoms with Crippen molar-refractivity contribution in [1.82, 2.24) is 4.57 Å². The zero-order chi connectivity index (χ0) is 15.7. The highest BCUT2D eigenvalue weighted by molar-refractivity contribution is 6.06. The predicted molar refractivity (Wildman–Crippen MR) is 87.6 cm³/mol. The van der Waals surface area contributed by atoms with Crippen molar-refractivity contribution in [1.29, 1.82) is 0 Å². The summed E-state index contributed by atoms with van der Waals surface area (Å²) >= 11 is 0. The summed E-state index contributed by atoms with van der Waals surface area (Å²) in [5.41, 5.74) is 12.7. The number of rotatable bonds is 2. The van der Waals surface area contributed by atoms with Crippen LogP contribution in [0.5, 0.6) is 0 Å². The van der Waals surface area contributed by atoms with Gasteiger partial charge in [-0.2, -0.15) is 4.99 Å². The zero-order valence-corrected chi connectivity index (χ0v) is 12.2. The SMILES string of the molecule is Cc1cn(C2=CC3C=CC=CC3N=C2)cc1C(=O)N=C(N)N. The van der Waals surface area contributed by atoms with Crippen molar-refractivity contribution in [3.63, 3.8) is 0 Å². The first kappa shape index (κ1) is 14.1. The number of carbonyl (C=O) groups is 1. The molecular formula is C16H17N5O. The fourth-order valence-electron chi connectivity index (χ4n) is 2.58. The minimum absolute atomic E-state index is 0.160. The Balaban J connectivity index is 1.91. The molecular weight excluding hydrogens is 278 g/mol. The van der Waals surface area contributed by atoms with Crippen molar-refractivity contribution in [3.05, 3.63) is 53.9 Å². The van der Waals surface area contributed by atoms with E-state index in [0.29, 0.717) is 5.56 Å². The molecule has 0 saturated carbocycles. The smallest absolute Gasteiger partial charge is 0.281 e. The molecule has 0 aromatic carbocycles. The van der Waals surface area contributed by atoms with Crippen LogP contribution in [0.25, 0.3) is 5.70 Å². The molecule has 1 aromatic heterocycles. The fraction of sp³-hybridized carbons (Fsp3) is 0.188. The second kappa shape index (κ2) is 5.48. The maximum Gasteiger partial charge on any atom is 0.281 e. The van der Waals surface area contributed by atoms with Crippen molar-refractivity contribution in [2.24, 2.45) is 27.4 Å². The van der Waals surface area contributed by atoms with E-state index in [1.165, 1.54) is 0 Å². The number of nitrogens with two attached hydrogens (primary N) is 2. The van der Waals surface area contributed by atoms with Gasteiger partial charge in [-0.3, -0.25) is 9.79 Å². The fourth-order valence-corrected chi connectivity index (χ4v) is 2.58. The summed E-state index contributed by atoms with van der Waals surface area (Å²) in [6.07, 6.45) is 15.8. The van der Waals surface area contributed by atoms with E-state index in [4.69, 9.17) is 11.5 Å². The summed E-state index contributed by atoms with van der Waals surface area (Å²) < 4.78 is 1.87. The van der Waals surface area contributed by atoms with E-state index in [2.05, 4.69) is 28.2 Å². The van der Waals surface area contributed by atoms with E-state index >= 15 is 0 Å². The number of allylic oxidation sites excluding steroid dienone is 3. The third kappa shape index (κ3) is 2.63. The second-order valence-electron chi connectivity index (χ2n) is 5.31. The molecule has 6 nitrogen and oxygen atoms in total. The maximum atomic E-state index is 12.0. The van der Waals surface area contributed by atoms with Gasteiger partial charge in [0.2, 0.25) is 0 Å². The lowest BCUT2D eigenvalue weighted by atomic mass is 9.93. The van der Waals surface area contributed by atoms with Crippen LogP contribution in [0.1, 0.15) is 15.9 Å². The number of fused-ring (bicyclic) bond motifs is 1. The summed E-state index contributed by atoms with van der Waals surface area (Å²) in [6, 6.07) is 0.160. The Labute approximate surface area is 128 Å². The van der Waals surface area contributed by atoms with Gasteiger partial charge in [0.15, 0.2) is 5.96 Å². The molecule has 6 heteroatoms. The van der Waals surface area contributed by atoms with Crippen LogP contribution in [0.2, 0.25) is 0 Å². The van der Waals surface area contributed by atoms with Crippen LogP contribution in [0.15, 0.2) is 52.8 Å². The van der Waals surface area contributed by atoms with Gasteiger partial charge in [-0.25, -0.2) is 0 Å². The third-order valence-electron chi connectivity index (χ3n) is 3.67. The molecule has 22 heavy (non-hydrogen) atoms. The lowest BCUT2D eigenvalue weighted by molar-refractivity contribution is 0.100. The number of nitrogens with zero attached hydrogens (tertiary/aromatic N) is 3. The van der Waals surface area contributed by atoms with E-state index < -0.39 is 5.91 Å². The normalized spacial score (nSPS) is 22.1. The molecule has 2 aliphatic rings. The number of guanidine groups is 1. The first-order valence-electron chi connectivity index (χ1n) is 6.97. The summed E-state index contributed by atoms with van der Waals surface area (Å²) in [5.74, 6) is -0.440. The molecule has 0 fully saturated rings. The van der Waals surface area contributed by atoms with Gasteiger partial charge >= 0.3 is 0 Å². The Morgan fingerprint density at radius 2 is 2.05 bits per heavy atom. The standard InChI is InChI=1S/C16H17N5O/c1-10-8-21(9-13(10)15(22)20-16(17)18)12-6-11-4-2-3-5-14(11)19-7-12/h2-9,11,14H,1H3,(H4,17,18,20,22). The second-order valence-corrected chi connectivity index (χ2v) is 5.31. The minimum atomic E-state index is -0.442. The lowest BCUT2D eigenvalue weighted by Gasteiger charge is -2.22. The Hall–Kier alpha value is -2.89. The predicted octanol–water partition coefficient (Wildman–Crippen LogP) is 1.25. The van der Waals surface area contributed by atoms with Gasteiger partial charge in [-0.05, 0) is 18.6 Å². The number of carbonyl (C=O) groups excluding carboxylic acids is 1. The molecule has 4 N–H and O–H groups in total. The van der Waals surface area contributed by atoms with Crippen molar-refractivity contribution in [2.75, 3.05) is 0 Å². The van der Waals surface area contributed by atoms with Gasteiger partial charge in [0.05, 0.1) is 17.3 Å². The molecule has 2 heterocycles. The number of dihydropyridines is 1. The highest BCUT2D eigenvalue weighted by atomic mass is 16.1. The molecule has 1 aromatic rings. The number of aliphatic imine (C=N–C) groups is 2. The topological polar surface area (TPSA) is 98.8 Å². The minimum Gasteiger partial charge on any atom is -0.370 e. The molecule has 2 unspecified atom stereocenters. The average Bonchev–Trinajstić information content (AvgIpc) is 2.88. The molecule has 0 bridgehead atoms. The van der Waals surface area contributed by atoms with Crippen LogP contribution < -0.4 is 11.5 Å². The molecule has 3 rings (SSSR count). The number of aromatic nitrogens is 1. The van der Waals surface area contributed by atoms with E-state index in [1.54, 1.807) is 6.20 Å². The highest BCUT2D eigenvalue weighted by Gasteiger charge is 2.20. The first-order valence-corrected chi connectivity index (χ1v) is 6.97. The van der Waals surface area contributed by atoms with E-state index in [0.717, 1.165) is 11.3 Å². The summed E-state index contributed by atoms with van der Waals surface area (Å²) in [6.45, 7) is 1.85. The average molecular weight is 295 g/mol. The molecule has 112 valence electrons. The van der Waals surface area contributed by atoms with Crippen LogP contribution in [0.3, 0.4) is 0 Å². The van der Waals surface area contributed by atoms with Gasteiger partial charge in [0, 0.05) is 24.5 Å². The first-order chi connectivity index (χ1) is 10.5. The van der Waals surface area contributed by atoms with Crippen molar-refractivity contribution in [2.45, 2.75) is 13.0 Å². The van der Waals surface area contributed by atoms with Gasteiger partial charge in [-0.15, -0.1) is 0 Å². The molecule has 0 spiro atoms. The quantitative estimate of drug-likeness (QED) is 0.634. The van der Waals surface area contributed by atoms with Crippen molar-refractivity contribution < 1.29 is 4.79 Å². The van der Waals surface area contributed by atoms with Crippen LogP contribution in [0.4, 0.5) is 0 Å². The summed E-state index contributed by atoms with van der Waals surface area (Å²) in [5, 5.41) is 0. The molecule has 1 aliphatic heterocycles. The van der Waals surface area contributed by atoms with Gasteiger partial charge in [0.1, 0.15) is 0 Å².